The van der Waals surface area contributed by atoms with Crippen molar-refractivity contribution in [2.45, 2.75) is 149 Å². The van der Waals surface area contributed by atoms with Crippen LogP contribution < -0.4 is 0 Å². The van der Waals surface area contributed by atoms with E-state index in [4.69, 9.17) is 9.47 Å². The highest BCUT2D eigenvalue weighted by Crippen LogP contribution is 2.13. The summed E-state index contributed by atoms with van der Waals surface area (Å²) in [5, 5.41) is 19.9. The first-order valence-corrected chi connectivity index (χ1v) is 17.3. The molecule has 0 saturated carbocycles. The van der Waals surface area contributed by atoms with Crippen LogP contribution in [0.25, 0.3) is 0 Å². The monoisotopic (exact) mass is 616 g/mol. The second-order valence-electron chi connectivity index (χ2n) is 11.9. The fraction of sp³-hybridized carbons (Fsp3) is 0.684. The second kappa shape index (κ2) is 32.0. The summed E-state index contributed by atoms with van der Waals surface area (Å²) in [6.45, 7) is 6.35. The topological polar surface area (TPSA) is 93.1 Å². The van der Waals surface area contributed by atoms with E-state index in [1.165, 1.54) is 44.9 Å². The molecule has 0 aliphatic rings. The van der Waals surface area contributed by atoms with E-state index in [1.807, 2.05) is 36.5 Å². The summed E-state index contributed by atoms with van der Waals surface area (Å²) in [7, 11) is 0. The Hall–Kier alpha value is -2.44. The molecule has 0 bridgehead atoms. The minimum absolute atomic E-state index is 0.151. The van der Waals surface area contributed by atoms with E-state index < -0.39 is 12.2 Å². The molecule has 0 aromatic rings. The van der Waals surface area contributed by atoms with Crippen molar-refractivity contribution in [3.05, 3.63) is 60.8 Å². The SMILES string of the molecule is CC/C=C\C/C=C\CC(O)/C=C/C=C\C/C=C\CCCC(=O)OC[C@H](O)COC(=O)CCCCCCCCCCCC(C)C. The highest BCUT2D eigenvalue weighted by Gasteiger charge is 2.12. The van der Waals surface area contributed by atoms with Gasteiger partial charge < -0.3 is 19.7 Å². The van der Waals surface area contributed by atoms with Gasteiger partial charge in [0.15, 0.2) is 0 Å². The molecule has 252 valence electrons. The maximum Gasteiger partial charge on any atom is 0.305 e. The average molecular weight is 617 g/mol. The fourth-order valence-electron chi connectivity index (χ4n) is 4.39. The maximum absolute atomic E-state index is 11.9. The highest BCUT2D eigenvalue weighted by atomic mass is 16.6. The lowest BCUT2D eigenvalue weighted by molar-refractivity contribution is -0.152. The Morgan fingerprint density at radius 3 is 1.82 bits per heavy atom. The van der Waals surface area contributed by atoms with Gasteiger partial charge in [-0.05, 0) is 50.9 Å². The largest absolute Gasteiger partial charge is 0.463 e. The summed E-state index contributed by atoms with van der Waals surface area (Å²) in [5.74, 6) is 0.133. The summed E-state index contributed by atoms with van der Waals surface area (Å²) >= 11 is 0. The first-order chi connectivity index (χ1) is 21.3. The van der Waals surface area contributed by atoms with Crippen LogP contribution in [0.3, 0.4) is 0 Å². The lowest BCUT2D eigenvalue weighted by Crippen LogP contribution is -2.25. The zero-order valence-electron chi connectivity index (χ0n) is 28.2. The van der Waals surface area contributed by atoms with Gasteiger partial charge in [-0.1, -0.05) is 139 Å². The number of esters is 2. The van der Waals surface area contributed by atoms with Crippen LogP contribution in [-0.2, 0) is 19.1 Å². The van der Waals surface area contributed by atoms with Gasteiger partial charge in [0, 0.05) is 12.8 Å². The molecule has 0 aliphatic heterocycles. The zero-order chi connectivity index (χ0) is 32.5. The maximum atomic E-state index is 11.9. The van der Waals surface area contributed by atoms with E-state index in [9.17, 15) is 19.8 Å². The summed E-state index contributed by atoms with van der Waals surface area (Å²) < 4.78 is 10.2. The molecule has 0 aromatic carbocycles. The molecule has 0 spiro atoms. The van der Waals surface area contributed by atoms with E-state index in [0.29, 0.717) is 19.3 Å². The Kier molecular flexibility index (Phi) is 30.2. The van der Waals surface area contributed by atoms with Crippen LogP contribution in [0.1, 0.15) is 136 Å². The number of aliphatic hydroxyl groups excluding tert-OH is 2. The lowest BCUT2D eigenvalue weighted by atomic mass is 10.0. The van der Waals surface area contributed by atoms with Crippen molar-refractivity contribution in [2.24, 2.45) is 5.92 Å². The quantitative estimate of drug-likeness (QED) is 0.0377. The van der Waals surface area contributed by atoms with Crippen LogP contribution in [0, 0.1) is 5.92 Å². The molecule has 0 fully saturated rings. The van der Waals surface area contributed by atoms with Gasteiger partial charge in [-0.15, -0.1) is 0 Å². The van der Waals surface area contributed by atoms with E-state index >= 15 is 0 Å². The summed E-state index contributed by atoms with van der Waals surface area (Å²) in [4.78, 5) is 23.8. The number of carbonyl (C=O) groups excluding carboxylic acids is 2. The third-order valence-corrected chi connectivity index (χ3v) is 7.03. The molecule has 2 N–H and O–H groups in total. The van der Waals surface area contributed by atoms with Gasteiger partial charge in [0.05, 0.1) is 6.10 Å². The van der Waals surface area contributed by atoms with Gasteiger partial charge in [0.1, 0.15) is 19.3 Å². The molecular formula is C38H64O6. The molecule has 0 amide bonds. The molecule has 6 heteroatoms. The average Bonchev–Trinajstić information content (AvgIpc) is 3.00. The molecule has 0 aliphatic carbocycles. The summed E-state index contributed by atoms with van der Waals surface area (Å²) in [5.41, 5.74) is 0. The molecule has 44 heavy (non-hydrogen) atoms. The van der Waals surface area contributed by atoms with Gasteiger partial charge in [0.2, 0.25) is 0 Å². The first kappa shape index (κ1) is 41.6. The molecule has 0 radical (unpaired) electrons. The predicted molar refractivity (Wildman–Crippen MR) is 183 cm³/mol. The standard InChI is InChI=1S/C38H64O6/c1-4-5-6-7-18-23-28-35(39)29-24-19-14-11-12-16-21-26-31-38(42)44-33-36(40)32-43-37(41)30-25-20-15-10-8-9-13-17-22-27-34(2)3/h5-6,12,14,16,18-19,23-24,29,34-36,39-40H,4,7-11,13,15,17,20-22,25-28,30-33H2,1-3H3/b6-5-,16-12-,19-14-,23-18-,29-24+/t35?,36-/m1/s1. The molecule has 2 atom stereocenters. The third-order valence-electron chi connectivity index (χ3n) is 7.03. The lowest BCUT2D eigenvalue weighted by Gasteiger charge is -2.12. The second-order valence-corrected chi connectivity index (χ2v) is 11.9. The minimum Gasteiger partial charge on any atom is -0.463 e. The van der Waals surface area contributed by atoms with Gasteiger partial charge >= 0.3 is 11.9 Å². The van der Waals surface area contributed by atoms with Crippen molar-refractivity contribution in [2.75, 3.05) is 13.2 Å². The van der Waals surface area contributed by atoms with Crippen LogP contribution in [0.2, 0.25) is 0 Å². The zero-order valence-corrected chi connectivity index (χ0v) is 28.2. The van der Waals surface area contributed by atoms with Crippen LogP contribution in [0.5, 0.6) is 0 Å². The Morgan fingerprint density at radius 2 is 1.18 bits per heavy atom. The summed E-state index contributed by atoms with van der Waals surface area (Å²) in [6.07, 6.45) is 35.9. The molecule has 6 nitrogen and oxygen atoms in total. The fourth-order valence-corrected chi connectivity index (χ4v) is 4.39. The van der Waals surface area contributed by atoms with E-state index in [1.54, 1.807) is 6.08 Å². The number of unbranched alkanes of at least 4 members (excludes halogenated alkanes) is 9. The van der Waals surface area contributed by atoms with Crippen molar-refractivity contribution >= 4 is 11.9 Å². The van der Waals surface area contributed by atoms with Gasteiger partial charge in [-0.2, -0.15) is 0 Å². The van der Waals surface area contributed by atoms with Gasteiger partial charge in [0.25, 0.3) is 0 Å². The molecule has 0 saturated heterocycles. The third kappa shape index (κ3) is 32.5. The number of allylic oxidation sites excluding steroid dienone is 8. The van der Waals surface area contributed by atoms with Crippen molar-refractivity contribution in [3.63, 3.8) is 0 Å². The smallest absolute Gasteiger partial charge is 0.305 e. The van der Waals surface area contributed by atoms with E-state index in [0.717, 1.165) is 50.9 Å². The Bertz CT molecular complexity index is 823. The number of hydrogen-bond acceptors (Lipinski definition) is 6. The normalized spacial score (nSPS) is 13.8. The summed E-state index contributed by atoms with van der Waals surface area (Å²) in [6, 6.07) is 0. The number of hydrogen-bond donors (Lipinski definition) is 2. The Morgan fingerprint density at radius 1 is 0.636 bits per heavy atom. The van der Waals surface area contributed by atoms with Crippen LogP contribution in [0.4, 0.5) is 0 Å². The van der Waals surface area contributed by atoms with Gasteiger partial charge in [-0.3, -0.25) is 9.59 Å². The minimum atomic E-state index is -1.00. The van der Waals surface area contributed by atoms with E-state index in [2.05, 4.69) is 39.0 Å². The number of aliphatic hydroxyl groups is 2. The van der Waals surface area contributed by atoms with Crippen molar-refractivity contribution < 1.29 is 29.3 Å². The molecule has 0 aromatic heterocycles. The highest BCUT2D eigenvalue weighted by molar-refractivity contribution is 5.69. The predicted octanol–water partition coefficient (Wildman–Crippen LogP) is 9.27. The van der Waals surface area contributed by atoms with Crippen molar-refractivity contribution in [3.8, 4) is 0 Å². The van der Waals surface area contributed by atoms with Crippen LogP contribution in [-0.4, -0.2) is 47.6 Å². The number of ether oxygens (including phenoxy) is 2. The molecule has 0 rings (SSSR count). The van der Waals surface area contributed by atoms with Crippen molar-refractivity contribution in [1.29, 1.82) is 0 Å². The van der Waals surface area contributed by atoms with E-state index in [-0.39, 0.29) is 31.6 Å². The Labute approximate surface area is 269 Å². The number of rotatable bonds is 29. The van der Waals surface area contributed by atoms with Gasteiger partial charge in [-0.25, -0.2) is 0 Å². The van der Waals surface area contributed by atoms with Crippen LogP contribution >= 0.6 is 0 Å². The van der Waals surface area contributed by atoms with Crippen LogP contribution in [0.15, 0.2) is 60.8 Å². The number of carbonyl (C=O) groups is 2. The molecular weight excluding hydrogens is 552 g/mol. The Balaban J connectivity index is 3.66. The van der Waals surface area contributed by atoms with Crippen molar-refractivity contribution in [1.82, 2.24) is 0 Å². The molecule has 1 unspecified atom stereocenters. The molecule has 0 heterocycles. The first-order valence-electron chi connectivity index (χ1n) is 17.3.